The molecule has 0 heterocycles. The third-order valence-corrected chi connectivity index (χ3v) is 1.45. The minimum atomic E-state index is -0.479. The molecule has 4 heteroatoms. The molecular formula is C8H8N2O2. The maximum absolute atomic E-state index is 10.4. The summed E-state index contributed by atoms with van der Waals surface area (Å²) >= 11 is 0. The molecule has 12 heavy (non-hydrogen) atoms. The second-order valence-electron chi connectivity index (χ2n) is 2.30. The number of nitrogens with two attached hydrogens (primary N) is 1. The Morgan fingerprint density at radius 3 is 2.50 bits per heavy atom. The average Bonchev–Trinajstić information content (AvgIpc) is 2.04. The normalized spacial score (nSPS) is 9.33. The summed E-state index contributed by atoms with van der Waals surface area (Å²) in [4.78, 5) is 9.96. The highest BCUT2D eigenvalue weighted by Gasteiger charge is 2.12. The summed E-state index contributed by atoms with van der Waals surface area (Å²) in [6.07, 6.45) is 0. The highest BCUT2D eigenvalue weighted by Crippen LogP contribution is 2.20. The van der Waals surface area contributed by atoms with E-state index in [1.165, 1.54) is 6.07 Å². The fourth-order valence-electron chi connectivity index (χ4n) is 0.904. The summed E-state index contributed by atoms with van der Waals surface area (Å²) in [5.74, 6) is 0. The van der Waals surface area contributed by atoms with Crippen LogP contribution in [0.2, 0.25) is 0 Å². The molecule has 1 aromatic carbocycles. The molecule has 1 rings (SSSR count). The molecule has 0 saturated carbocycles. The van der Waals surface area contributed by atoms with Crippen LogP contribution in [0.4, 0.5) is 5.69 Å². The van der Waals surface area contributed by atoms with E-state index in [1.807, 2.05) is 0 Å². The quantitative estimate of drug-likeness (QED) is 0.532. The van der Waals surface area contributed by atoms with Crippen LogP contribution < -0.4 is 5.73 Å². The van der Waals surface area contributed by atoms with Crippen molar-refractivity contribution in [1.82, 2.24) is 0 Å². The largest absolute Gasteiger partial charge is 0.399 e. The summed E-state index contributed by atoms with van der Waals surface area (Å²) in [5.41, 5.74) is 5.93. The van der Waals surface area contributed by atoms with Crippen LogP contribution in [0, 0.1) is 10.1 Å². The van der Waals surface area contributed by atoms with E-state index in [0.717, 1.165) is 0 Å². The van der Waals surface area contributed by atoms with Crippen LogP contribution in [0.5, 0.6) is 0 Å². The summed E-state index contributed by atoms with van der Waals surface area (Å²) in [6.45, 7) is 3.44. The Morgan fingerprint density at radius 1 is 1.50 bits per heavy atom. The van der Waals surface area contributed by atoms with E-state index in [1.54, 1.807) is 18.2 Å². The van der Waals surface area contributed by atoms with Gasteiger partial charge in [-0.25, -0.2) is 0 Å². The minimum absolute atomic E-state index is 0.00926. The Hall–Kier alpha value is -1.84. The molecular weight excluding hydrogens is 156 g/mol. The predicted octanol–water partition coefficient (Wildman–Crippen LogP) is 1.52. The molecule has 0 radical (unpaired) electrons. The highest BCUT2D eigenvalue weighted by molar-refractivity contribution is 5.68. The Morgan fingerprint density at radius 2 is 2.08 bits per heavy atom. The van der Waals surface area contributed by atoms with Crippen molar-refractivity contribution in [3.8, 4) is 0 Å². The van der Waals surface area contributed by atoms with Crippen molar-refractivity contribution < 1.29 is 4.92 Å². The van der Waals surface area contributed by atoms with Gasteiger partial charge in [0, 0.05) is 11.8 Å². The fraction of sp³-hybridized carbons (Fsp3) is 0. The zero-order chi connectivity index (χ0) is 9.14. The Labute approximate surface area is 69.5 Å². The van der Waals surface area contributed by atoms with Crippen molar-refractivity contribution in [3.63, 3.8) is 0 Å². The van der Waals surface area contributed by atoms with Gasteiger partial charge in [-0.1, -0.05) is 18.7 Å². The number of hydrogen-bond acceptors (Lipinski definition) is 3. The molecule has 0 spiro atoms. The number of para-hydroxylation sites is 1. The van der Waals surface area contributed by atoms with Crippen molar-refractivity contribution >= 4 is 11.4 Å². The van der Waals surface area contributed by atoms with Crippen LogP contribution in [-0.2, 0) is 0 Å². The first-order chi connectivity index (χ1) is 5.63. The van der Waals surface area contributed by atoms with Gasteiger partial charge in [0.15, 0.2) is 0 Å². The summed E-state index contributed by atoms with van der Waals surface area (Å²) in [6, 6.07) is 6.23. The van der Waals surface area contributed by atoms with Crippen LogP contribution in [0.15, 0.2) is 30.8 Å². The Balaban J connectivity index is 3.27. The van der Waals surface area contributed by atoms with Gasteiger partial charge in [0.2, 0.25) is 0 Å². The molecule has 0 aliphatic carbocycles. The molecule has 1 aromatic rings. The molecule has 62 valence electrons. The van der Waals surface area contributed by atoms with Crippen LogP contribution in [0.1, 0.15) is 5.56 Å². The lowest BCUT2D eigenvalue weighted by Gasteiger charge is -1.99. The Kier molecular flexibility index (Phi) is 2.09. The minimum Gasteiger partial charge on any atom is -0.399 e. The molecule has 0 saturated heterocycles. The topological polar surface area (TPSA) is 69.2 Å². The third kappa shape index (κ3) is 1.42. The zero-order valence-electron chi connectivity index (χ0n) is 6.36. The summed E-state index contributed by atoms with van der Waals surface area (Å²) in [5, 5.41) is 10.4. The maximum atomic E-state index is 10.4. The number of nitrogens with zero attached hydrogens (tertiary/aromatic N) is 1. The molecule has 0 atom stereocenters. The molecule has 0 fully saturated rings. The lowest BCUT2D eigenvalue weighted by molar-refractivity contribution is -0.385. The maximum Gasteiger partial charge on any atom is 0.278 e. The van der Waals surface area contributed by atoms with Crippen molar-refractivity contribution in [1.29, 1.82) is 0 Å². The van der Waals surface area contributed by atoms with Crippen LogP contribution >= 0.6 is 0 Å². The van der Waals surface area contributed by atoms with Gasteiger partial charge in [-0.15, -0.1) is 0 Å². The van der Waals surface area contributed by atoms with E-state index in [4.69, 9.17) is 5.73 Å². The molecule has 4 nitrogen and oxygen atoms in total. The molecule has 0 amide bonds. The van der Waals surface area contributed by atoms with E-state index < -0.39 is 4.92 Å². The van der Waals surface area contributed by atoms with E-state index in [0.29, 0.717) is 5.56 Å². The first-order valence-corrected chi connectivity index (χ1v) is 3.31. The van der Waals surface area contributed by atoms with Crippen LogP contribution in [0.3, 0.4) is 0 Å². The van der Waals surface area contributed by atoms with Gasteiger partial charge in [-0.3, -0.25) is 10.1 Å². The van der Waals surface area contributed by atoms with Gasteiger partial charge in [0.05, 0.1) is 10.5 Å². The van der Waals surface area contributed by atoms with Crippen molar-refractivity contribution in [2.45, 2.75) is 0 Å². The number of nitro groups is 1. The third-order valence-electron chi connectivity index (χ3n) is 1.45. The predicted molar refractivity (Wildman–Crippen MR) is 46.3 cm³/mol. The van der Waals surface area contributed by atoms with Gasteiger partial charge in [-0.05, 0) is 6.07 Å². The number of rotatable bonds is 2. The number of hydrogen-bond donors (Lipinski definition) is 1. The van der Waals surface area contributed by atoms with Gasteiger partial charge >= 0.3 is 0 Å². The van der Waals surface area contributed by atoms with Gasteiger partial charge in [0.25, 0.3) is 5.69 Å². The lowest BCUT2D eigenvalue weighted by atomic mass is 10.1. The first-order valence-electron chi connectivity index (χ1n) is 3.31. The van der Waals surface area contributed by atoms with E-state index in [2.05, 4.69) is 6.58 Å². The monoisotopic (exact) mass is 164 g/mol. The Bertz CT molecular complexity index is 301. The van der Waals surface area contributed by atoms with Gasteiger partial charge < -0.3 is 5.73 Å². The molecule has 0 unspecified atom stereocenters. The highest BCUT2D eigenvalue weighted by atomic mass is 16.6. The lowest BCUT2D eigenvalue weighted by Crippen LogP contribution is -1.99. The first kappa shape index (κ1) is 8.26. The van der Waals surface area contributed by atoms with E-state index in [9.17, 15) is 10.1 Å². The fourth-order valence-corrected chi connectivity index (χ4v) is 0.904. The number of benzene rings is 1. The van der Waals surface area contributed by atoms with Crippen molar-refractivity contribution in [2.24, 2.45) is 5.73 Å². The number of nitro benzene ring substituents is 1. The average molecular weight is 164 g/mol. The molecule has 0 aliphatic rings. The van der Waals surface area contributed by atoms with E-state index >= 15 is 0 Å². The smallest absolute Gasteiger partial charge is 0.278 e. The summed E-state index contributed by atoms with van der Waals surface area (Å²) in [7, 11) is 0. The summed E-state index contributed by atoms with van der Waals surface area (Å²) < 4.78 is 0. The molecule has 0 aromatic heterocycles. The van der Waals surface area contributed by atoms with Crippen molar-refractivity contribution in [2.75, 3.05) is 0 Å². The molecule has 0 aliphatic heterocycles. The van der Waals surface area contributed by atoms with Crippen LogP contribution in [-0.4, -0.2) is 4.92 Å². The van der Waals surface area contributed by atoms with Crippen molar-refractivity contribution in [3.05, 3.63) is 46.5 Å². The second kappa shape index (κ2) is 3.04. The van der Waals surface area contributed by atoms with Gasteiger partial charge in [-0.2, -0.15) is 0 Å². The SMILES string of the molecule is C=C(N)c1ccccc1[N+](=O)[O-]. The molecule has 0 bridgehead atoms. The van der Waals surface area contributed by atoms with Crippen LogP contribution in [0.25, 0.3) is 5.70 Å². The second-order valence-corrected chi connectivity index (χ2v) is 2.30. The standard InChI is InChI=1S/C8H8N2O2/c1-6(9)7-4-2-3-5-8(7)10(11)12/h2-5H,1,9H2. The van der Waals surface area contributed by atoms with E-state index in [-0.39, 0.29) is 11.4 Å². The zero-order valence-corrected chi connectivity index (χ0v) is 6.36. The van der Waals surface area contributed by atoms with Gasteiger partial charge in [0.1, 0.15) is 0 Å². The molecule has 2 N–H and O–H groups in total.